The summed E-state index contributed by atoms with van der Waals surface area (Å²) in [5.41, 5.74) is 0.778. The van der Waals surface area contributed by atoms with Crippen LogP contribution >= 0.6 is 0 Å². The number of nitrogens with zero attached hydrogens (tertiary/aromatic N) is 1. The van der Waals surface area contributed by atoms with Crippen LogP contribution in [-0.4, -0.2) is 38.0 Å². The van der Waals surface area contributed by atoms with Crippen LogP contribution in [0.3, 0.4) is 0 Å². The molecule has 2 atom stereocenters. The van der Waals surface area contributed by atoms with Gasteiger partial charge in [0.1, 0.15) is 20.2 Å². The normalized spacial score (nSPS) is 25.0. The predicted octanol–water partition coefficient (Wildman–Crippen LogP) is 2.12. The van der Waals surface area contributed by atoms with Gasteiger partial charge in [-0.05, 0) is 38.8 Å². The van der Waals surface area contributed by atoms with E-state index in [1.807, 2.05) is 24.3 Å². The Bertz CT molecular complexity index is 355. The lowest BCUT2D eigenvalue weighted by atomic mass is 9.97. The molecule has 0 aliphatic carbocycles. The fourth-order valence-corrected chi connectivity index (χ4v) is 2.75. The van der Waals surface area contributed by atoms with Gasteiger partial charge < -0.3 is 4.74 Å². The van der Waals surface area contributed by atoms with Crippen LogP contribution in [0.15, 0.2) is 24.3 Å². The molecule has 1 aromatic rings. The maximum atomic E-state index is 5.76. The van der Waals surface area contributed by atoms with E-state index in [9.17, 15) is 0 Å². The average molecular weight is 243 g/mol. The third kappa shape index (κ3) is 3.52. The van der Waals surface area contributed by atoms with Gasteiger partial charge in [0.25, 0.3) is 0 Å². The second kappa shape index (κ2) is 6.28. The largest absolute Gasteiger partial charge is 0.492 e. The number of ether oxygens (including phenoxy) is 1. The second-order valence-corrected chi connectivity index (χ2v) is 5.28. The van der Waals surface area contributed by atoms with Crippen molar-refractivity contribution in [2.24, 2.45) is 0 Å². The van der Waals surface area contributed by atoms with E-state index in [1.54, 1.807) is 0 Å². The molecule has 1 heterocycles. The van der Waals surface area contributed by atoms with Gasteiger partial charge in [-0.15, -0.1) is 0 Å². The molecule has 2 unspecified atom stereocenters. The van der Waals surface area contributed by atoms with Crippen molar-refractivity contribution in [1.82, 2.24) is 4.90 Å². The Morgan fingerprint density at radius 3 is 2.39 bits per heavy atom. The van der Waals surface area contributed by atoms with Crippen LogP contribution in [0.2, 0.25) is 0 Å². The number of hydrogen-bond acceptors (Lipinski definition) is 2. The van der Waals surface area contributed by atoms with Crippen LogP contribution in [0.25, 0.3) is 0 Å². The lowest BCUT2D eigenvalue weighted by molar-refractivity contribution is 0.0851. The summed E-state index contributed by atoms with van der Waals surface area (Å²) in [5.74, 6) is 0.904. The second-order valence-electron chi connectivity index (χ2n) is 5.28. The van der Waals surface area contributed by atoms with Gasteiger partial charge in [0, 0.05) is 18.6 Å². The molecule has 3 heteroatoms. The molecule has 0 bridgehead atoms. The summed E-state index contributed by atoms with van der Waals surface area (Å²) in [6, 6.07) is 8.98. The Morgan fingerprint density at radius 1 is 1.17 bits per heavy atom. The highest BCUT2D eigenvalue weighted by molar-refractivity contribution is 6.32. The van der Waals surface area contributed by atoms with Crippen molar-refractivity contribution in [3.63, 3.8) is 0 Å². The van der Waals surface area contributed by atoms with E-state index in [-0.39, 0.29) is 0 Å². The molecule has 0 aromatic heterocycles. The van der Waals surface area contributed by atoms with Gasteiger partial charge in [-0.2, -0.15) is 0 Å². The third-order valence-electron chi connectivity index (χ3n) is 3.87. The van der Waals surface area contributed by atoms with Crippen molar-refractivity contribution < 1.29 is 4.74 Å². The van der Waals surface area contributed by atoms with Crippen LogP contribution in [0.5, 0.6) is 5.75 Å². The monoisotopic (exact) mass is 243 g/mol. The molecule has 1 aliphatic heterocycles. The van der Waals surface area contributed by atoms with Gasteiger partial charge in [0.15, 0.2) is 0 Å². The molecule has 1 aliphatic rings. The van der Waals surface area contributed by atoms with E-state index in [0.717, 1.165) is 24.4 Å². The molecule has 0 N–H and O–H groups in total. The molecule has 0 spiro atoms. The summed E-state index contributed by atoms with van der Waals surface area (Å²) in [6.45, 7) is 6.39. The van der Waals surface area contributed by atoms with Crippen LogP contribution < -0.4 is 10.2 Å². The first kappa shape index (κ1) is 13.5. The number of likely N-dealkylation sites (tertiary alicyclic amines) is 1. The van der Waals surface area contributed by atoms with Gasteiger partial charge in [-0.1, -0.05) is 24.0 Å². The lowest BCUT2D eigenvalue weighted by Gasteiger charge is -2.38. The fraction of sp³-hybridized carbons (Fsp3) is 0.600. The molecular formula is C15H22BNO. The van der Waals surface area contributed by atoms with E-state index < -0.39 is 0 Å². The minimum absolute atomic E-state index is 0.684. The van der Waals surface area contributed by atoms with Gasteiger partial charge in [-0.3, -0.25) is 4.90 Å². The summed E-state index contributed by atoms with van der Waals surface area (Å²) in [4.78, 5) is 2.56. The molecule has 2 radical (unpaired) electrons. The standard InChI is InChI=1S/C15H22BNO/c1-12-4-3-5-13(2)17(12)10-11-18-15-8-6-14(16)7-9-15/h6-9,12-13H,3-5,10-11H2,1-2H3. The van der Waals surface area contributed by atoms with E-state index >= 15 is 0 Å². The summed E-state index contributed by atoms with van der Waals surface area (Å²) < 4.78 is 5.76. The third-order valence-corrected chi connectivity index (χ3v) is 3.87. The zero-order valence-electron chi connectivity index (χ0n) is 11.4. The number of hydrogen-bond donors (Lipinski definition) is 0. The molecule has 2 rings (SSSR count). The summed E-state index contributed by atoms with van der Waals surface area (Å²) in [6.07, 6.45) is 3.98. The molecule has 2 nitrogen and oxygen atoms in total. The Balaban J connectivity index is 1.79. The Morgan fingerprint density at radius 2 is 1.78 bits per heavy atom. The maximum absolute atomic E-state index is 5.76. The first-order valence-corrected chi connectivity index (χ1v) is 6.91. The first-order valence-electron chi connectivity index (χ1n) is 6.91. The predicted molar refractivity (Wildman–Crippen MR) is 76.8 cm³/mol. The Labute approximate surface area is 112 Å². The number of piperidine rings is 1. The van der Waals surface area contributed by atoms with E-state index in [1.165, 1.54) is 19.3 Å². The van der Waals surface area contributed by atoms with E-state index in [0.29, 0.717) is 12.1 Å². The van der Waals surface area contributed by atoms with Gasteiger partial charge >= 0.3 is 0 Å². The zero-order chi connectivity index (χ0) is 13.0. The van der Waals surface area contributed by atoms with E-state index in [2.05, 4.69) is 18.7 Å². The molecule has 18 heavy (non-hydrogen) atoms. The average Bonchev–Trinajstić information content (AvgIpc) is 2.35. The lowest BCUT2D eigenvalue weighted by Crippen LogP contribution is -2.45. The smallest absolute Gasteiger partial charge is 0.119 e. The number of rotatable bonds is 4. The number of benzene rings is 1. The minimum atomic E-state index is 0.684. The molecule has 0 saturated carbocycles. The van der Waals surface area contributed by atoms with Crippen molar-refractivity contribution >= 4 is 13.3 Å². The zero-order valence-corrected chi connectivity index (χ0v) is 11.4. The fourth-order valence-electron chi connectivity index (χ4n) is 2.75. The van der Waals surface area contributed by atoms with Crippen molar-refractivity contribution in [2.45, 2.75) is 45.2 Å². The van der Waals surface area contributed by atoms with E-state index in [4.69, 9.17) is 12.6 Å². The summed E-state index contributed by atoms with van der Waals surface area (Å²) in [5, 5.41) is 0. The molecule has 1 fully saturated rings. The minimum Gasteiger partial charge on any atom is -0.492 e. The van der Waals surface area contributed by atoms with Crippen molar-refractivity contribution in [3.05, 3.63) is 24.3 Å². The summed E-state index contributed by atoms with van der Waals surface area (Å²) >= 11 is 0. The molecule has 0 amide bonds. The maximum Gasteiger partial charge on any atom is 0.119 e. The van der Waals surface area contributed by atoms with Gasteiger partial charge in [0.2, 0.25) is 0 Å². The Hall–Kier alpha value is -0.955. The van der Waals surface area contributed by atoms with Crippen molar-refractivity contribution in [3.8, 4) is 5.75 Å². The van der Waals surface area contributed by atoms with Crippen LogP contribution in [0.1, 0.15) is 33.1 Å². The first-order chi connectivity index (χ1) is 8.66. The van der Waals surface area contributed by atoms with Crippen LogP contribution in [0, 0.1) is 0 Å². The highest BCUT2D eigenvalue weighted by atomic mass is 16.5. The van der Waals surface area contributed by atoms with Crippen molar-refractivity contribution in [1.29, 1.82) is 0 Å². The Kier molecular flexibility index (Phi) is 4.70. The molecule has 1 saturated heterocycles. The molecule has 96 valence electrons. The van der Waals surface area contributed by atoms with Crippen molar-refractivity contribution in [2.75, 3.05) is 13.2 Å². The quantitative estimate of drug-likeness (QED) is 0.751. The summed E-state index contributed by atoms with van der Waals surface area (Å²) in [7, 11) is 5.64. The molecular weight excluding hydrogens is 221 g/mol. The highest BCUT2D eigenvalue weighted by Crippen LogP contribution is 2.21. The topological polar surface area (TPSA) is 12.5 Å². The van der Waals surface area contributed by atoms with Crippen LogP contribution in [0.4, 0.5) is 0 Å². The highest BCUT2D eigenvalue weighted by Gasteiger charge is 2.23. The SMILES string of the molecule is [B]c1ccc(OCCN2C(C)CCCC2C)cc1. The van der Waals surface area contributed by atoms with Gasteiger partial charge in [-0.25, -0.2) is 0 Å². The van der Waals surface area contributed by atoms with Crippen LogP contribution in [-0.2, 0) is 0 Å². The molecule has 1 aromatic carbocycles. The van der Waals surface area contributed by atoms with Gasteiger partial charge in [0.05, 0.1) is 0 Å².